The van der Waals surface area contributed by atoms with E-state index in [4.69, 9.17) is 11.6 Å². The highest BCUT2D eigenvalue weighted by atomic mass is 35.5. The summed E-state index contributed by atoms with van der Waals surface area (Å²) in [5.41, 5.74) is 2.51. The van der Waals surface area contributed by atoms with E-state index < -0.39 is 0 Å². The summed E-state index contributed by atoms with van der Waals surface area (Å²) in [6.45, 7) is 7.15. The first kappa shape index (κ1) is 19.4. The van der Waals surface area contributed by atoms with Crippen LogP contribution in [0.3, 0.4) is 0 Å². The average Bonchev–Trinajstić information content (AvgIpc) is 3.25. The minimum atomic E-state index is -0.0873. The van der Waals surface area contributed by atoms with Crippen molar-refractivity contribution in [3.05, 3.63) is 65.2 Å². The van der Waals surface area contributed by atoms with E-state index in [1.807, 2.05) is 29.2 Å². The van der Waals surface area contributed by atoms with Crippen LogP contribution in [0.15, 0.2) is 54.6 Å². The van der Waals surface area contributed by atoms with Crippen LogP contribution in [0.2, 0.25) is 5.02 Å². The van der Waals surface area contributed by atoms with Gasteiger partial charge in [-0.3, -0.25) is 9.69 Å². The van der Waals surface area contributed by atoms with Crippen LogP contribution in [0.1, 0.15) is 25.3 Å². The molecule has 0 aromatic heterocycles. The third-order valence-corrected chi connectivity index (χ3v) is 6.26. The number of benzene rings is 2. The summed E-state index contributed by atoms with van der Waals surface area (Å²) >= 11 is 5.96. The summed E-state index contributed by atoms with van der Waals surface area (Å²) in [5, 5.41) is 4.26. The molecule has 4 nitrogen and oxygen atoms in total. The SMILES string of the molecule is CC1(CNC2CCN(c3ccc(Cl)cc3)C2=O)CCN(Cc2ccccc2)C1. The lowest BCUT2D eigenvalue weighted by Gasteiger charge is -2.27. The van der Waals surface area contributed by atoms with Gasteiger partial charge in [-0.15, -0.1) is 0 Å². The smallest absolute Gasteiger partial charge is 0.244 e. The Kier molecular flexibility index (Phi) is 5.72. The molecule has 2 atom stereocenters. The molecule has 0 radical (unpaired) electrons. The number of nitrogens with one attached hydrogen (secondary N) is 1. The molecular weight excluding hydrogens is 370 g/mol. The van der Waals surface area contributed by atoms with Crippen LogP contribution >= 0.6 is 11.6 Å². The highest BCUT2D eigenvalue weighted by Crippen LogP contribution is 2.31. The summed E-state index contributed by atoms with van der Waals surface area (Å²) in [4.78, 5) is 17.2. The Morgan fingerprint density at radius 3 is 2.61 bits per heavy atom. The molecule has 0 saturated carbocycles. The molecule has 28 heavy (non-hydrogen) atoms. The predicted molar refractivity (Wildman–Crippen MR) is 115 cm³/mol. The van der Waals surface area contributed by atoms with Crippen LogP contribution in [0.5, 0.6) is 0 Å². The Bertz CT molecular complexity index is 810. The van der Waals surface area contributed by atoms with E-state index in [9.17, 15) is 4.79 Å². The number of amides is 1. The van der Waals surface area contributed by atoms with Gasteiger partial charge in [0.15, 0.2) is 0 Å². The van der Waals surface area contributed by atoms with Gasteiger partial charge < -0.3 is 10.2 Å². The summed E-state index contributed by atoms with van der Waals surface area (Å²) in [6.07, 6.45) is 2.01. The lowest BCUT2D eigenvalue weighted by atomic mass is 9.89. The maximum Gasteiger partial charge on any atom is 0.244 e. The highest BCUT2D eigenvalue weighted by Gasteiger charge is 2.37. The topological polar surface area (TPSA) is 35.6 Å². The average molecular weight is 398 g/mol. The van der Waals surface area contributed by atoms with Gasteiger partial charge in [0, 0.05) is 36.9 Å². The fourth-order valence-corrected chi connectivity index (χ4v) is 4.49. The summed E-state index contributed by atoms with van der Waals surface area (Å²) < 4.78 is 0. The normalized spacial score (nSPS) is 25.6. The van der Waals surface area contributed by atoms with E-state index >= 15 is 0 Å². The van der Waals surface area contributed by atoms with E-state index in [1.54, 1.807) is 0 Å². The van der Waals surface area contributed by atoms with Crippen molar-refractivity contribution in [1.82, 2.24) is 10.2 Å². The zero-order chi connectivity index (χ0) is 19.6. The molecule has 2 aliphatic rings. The van der Waals surface area contributed by atoms with Gasteiger partial charge in [0.05, 0.1) is 6.04 Å². The quantitative estimate of drug-likeness (QED) is 0.801. The van der Waals surface area contributed by atoms with Crippen LogP contribution in [-0.2, 0) is 11.3 Å². The lowest BCUT2D eigenvalue weighted by molar-refractivity contribution is -0.118. The van der Waals surface area contributed by atoms with E-state index in [2.05, 4.69) is 47.5 Å². The molecule has 0 aliphatic carbocycles. The zero-order valence-corrected chi connectivity index (χ0v) is 17.2. The molecule has 2 aromatic carbocycles. The predicted octanol–water partition coefficient (Wildman–Crippen LogP) is 3.95. The van der Waals surface area contributed by atoms with Crippen molar-refractivity contribution in [2.45, 2.75) is 32.4 Å². The molecule has 148 valence electrons. The van der Waals surface area contributed by atoms with Crippen molar-refractivity contribution in [2.24, 2.45) is 5.41 Å². The van der Waals surface area contributed by atoms with Gasteiger partial charge in [0.25, 0.3) is 0 Å². The van der Waals surface area contributed by atoms with E-state index in [0.29, 0.717) is 5.02 Å². The number of halogens is 1. The van der Waals surface area contributed by atoms with Gasteiger partial charge in [0.2, 0.25) is 5.91 Å². The van der Waals surface area contributed by atoms with Gasteiger partial charge in [-0.05, 0) is 54.6 Å². The molecule has 2 heterocycles. The van der Waals surface area contributed by atoms with Crippen molar-refractivity contribution in [2.75, 3.05) is 31.1 Å². The summed E-state index contributed by atoms with van der Waals surface area (Å²) in [5.74, 6) is 0.171. The fraction of sp³-hybridized carbons (Fsp3) is 0.435. The van der Waals surface area contributed by atoms with Crippen molar-refractivity contribution >= 4 is 23.2 Å². The van der Waals surface area contributed by atoms with E-state index in [0.717, 1.165) is 51.3 Å². The molecule has 2 aliphatic heterocycles. The standard InChI is InChI=1S/C23H28ClN3O/c1-23(12-14-26(17-23)15-18-5-3-2-4-6-18)16-25-21-11-13-27(22(21)28)20-9-7-19(24)8-10-20/h2-10,21,25H,11-17H2,1H3. The number of rotatable bonds is 6. The number of nitrogens with zero attached hydrogens (tertiary/aromatic N) is 2. The summed E-state index contributed by atoms with van der Waals surface area (Å²) in [6, 6.07) is 18.1. The first-order chi connectivity index (χ1) is 13.5. The van der Waals surface area contributed by atoms with Crippen LogP contribution in [-0.4, -0.2) is 43.0 Å². The molecule has 5 heteroatoms. The molecule has 2 unspecified atom stereocenters. The molecule has 0 spiro atoms. The molecule has 1 N–H and O–H groups in total. The highest BCUT2D eigenvalue weighted by molar-refractivity contribution is 6.30. The van der Waals surface area contributed by atoms with Gasteiger partial charge in [-0.25, -0.2) is 0 Å². The van der Waals surface area contributed by atoms with Crippen LogP contribution in [0, 0.1) is 5.41 Å². The number of carbonyl (C=O) groups is 1. The second kappa shape index (κ2) is 8.24. The van der Waals surface area contributed by atoms with E-state index in [-0.39, 0.29) is 17.4 Å². The van der Waals surface area contributed by atoms with Crippen LogP contribution in [0.4, 0.5) is 5.69 Å². The number of hydrogen-bond donors (Lipinski definition) is 1. The van der Waals surface area contributed by atoms with Crippen LogP contribution < -0.4 is 10.2 Å². The monoisotopic (exact) mass is 397 g/mol. The second-order valence-corrected chi connectivity index (χ2v) is 8.88. The third kappa shape index (κ3) is 4.40. The molecule has 1 amide bonds. The van der Waals surface area contributed by atoms with Crippen molar-refractivity contribution in [3.63, 3.8) is 0 Å². The minimum absolute atomic E-state index is 0.0873. The number of carbonyl (C=O) groups excluding carboxylic acids is 1. The number of likely N-dealkylation sites (tertiary alicyclic amines) is 1. The zero-order valence-electron chi connectivity index (χ0n) is 16.4. The maximum atomic E-state index is 12.8. The Balaban J connectivity index is 1.29. The minimum Gasteiger partial charge on any atom is -0.311 e. The van der Waals surface area contributed by atoms with Crippen LogP contribution in [0.25, 0.3) is 0 Å². The first-order valence-electron chi connectivity index (χ1n) is 10.1. The fourth-order valence-electron chi connectivity index (χ4n) is 4.36. The molecule has 2 fully saturated rings. The number of anilines is 1. The third-order valence-electron chi connectivity index (χ3n) is 6.00. The Labute approximate surface area is 172 Å². The molecule has 4 rings (SSSR count). The van der Waals surface area contributed by atoms with Gasteiger partial charge in [-0.1, -0.05) is 48.9 Å². The second-order valence-electron chi connectivity index (χ2n) is 8.45. The Morgan fingerprint density at radius 1 is 1.11 bits per heavy atom. The molecule has 2 aromatic rings. The molecule has 2 saturated heterocycles. The summed E-state index contributed by atoms with van der Waals surface area (Å²) in [7, 11) is 0. The first-order valence-corrected chi connectivity index (χ1v) is 10.5. The van der Waals surface area contributed by atoms with Gasteiger partial charge in [0.1, 0.15) is 0 Å². The maximum absolute atomic E-state index is 12.8. The Morgan fingerprint density at radius 2 is 1.86 bits per heavy atom. The molecule has 0 bridgehead atoms. The van der Waals surface area contributed by atoms with Crippen molar-refractivity contribution in [1.29, 1.82) is 0 Å². The lowest BCUT2D eigenvalue weighted by Crippen LogP contribution is -2.44. The molecular formula is C23H28ClN3O. The van der Waals surface area contributed by atoms with Crippen molar-refractivity contribution < 1.29 is 4.79 Å². The van der Waals surface area contributed by atoms with Gasteiger partial charge in [-0.2, -0.15) is 0 Å². The van der Waals surface area contributed by atoms with Crippen molar-refractivity contribution in [3.8, 4) is 0 Å². The van der Waals surface area contributed by atoms with Gasteiger partial charge >= 0.3 is 0 Å². The number of hydrogen-bond acceptors (Lipinski definition) is 3. The largest absolute Gasteiger partial charge is 0.311 e. The Hall–Kier alpha value is -1.88. The van der Waals surface area contributed by atoms with E-state index in [1.165, 1.54) is 5.56 Å².